The number of fused-ring (bicyclic) bond motifs is 1. The van der Waals surface area contributed by atoms with Crippen LogP contribution < -0.4 is 15.6 Å². The van der Waals surface area contributed by atoms with Crippen LogP contribution in [0.25, 0.3) is 10.9 Å². The zero-order chi connectivity index (χ0) is 19.0. The minimum atomic E-state index is -0.211. The maximum Gasteiger partial charge on any atom is 0.252 e. The van der Waals surface area contributed by atoms with Gasteiger partial charge in [0.1, 0.15) is 5.75 Å². The molecule has 3 aromatic rings. The molecule has 1 atom stereocenters. The Hall–Kier alpha value is -3.08. The van der Waals surface area contributed by atoms with Gasteiger partial charge in [-0.1, -0.05) is 30.3 Å². The Morgan fingerprint density at radius 2 is 1.85 bits per heavy atom. The molecule has 27 heavy (non-hydrogen) atoms. The number of nitrogens with zero attached hydrogens (tertiary/aromatic N) is 1. The summed E-state index contributed by atoms with van der Waals surface area (Å²) in [6, 6.07) is 16.6. The molecule has 2 aromatic carbocycles. The highest BCUT2D eigenvalue weighted by Crippen LogP contribution is 2.41. The van der Waals surface area contributed by atoms with Crippen molar-refractivity contribution >= 4 is 16.8 Å². The molecule has 0 aliphatic heterocycles. The molecule has 4 rings (SSSR count). The van der Waals surface area contributed by atoms with Crippen molar-refractivity contribution < 1.29 is 9.53 Å². The van der Waals surface area contributed by atoms with Gasteiger partial charge in [-0.15, -0.1) is 0 Å². The first-order chi connectivity index (χ1) is 13.1. The molecule has 1 heterocycles. The number of benzene rings is 2. The average molecular weight is 362 g/mol. The van der Waals surface area contributed by atoms with E-state index in [0.717, 1.165) is 35.1 Å². The fourth-order valence-corrected chi connectivity index (χ4v) is 3.53. The van der Waals surface area contributed by atoms with Crippen LogP contribution in [0.5, 0.6) is 5.75 Å². The Balaban J connectivity index is 1.69. The van der Waals surface area contributed by atoms with Crippen LogP contribution in [0.4, 0.5) is 0 Å². The molecule has 1 aliphatic rings. The van der Waals surface area contributed by atoms with E-state index >= 15 is 0 Å². The second-order valence-corrected chi connectivity index (χ2v) is 7.03. The summed E-state index contributed by atoms with van der Waals surface area (Å²) in [6.45, 7) is 0. The summed E-state index contributed by atoms with van der Waals surface area (Å²) >= 11 is 0. The minimum Gasteiger partial charge on any atom is -0.497 e. The molecular formula is C22H22N2O3. The lowest BCUT2D eigenvalue weighted by Gasteiger charge is -2.20. The number of rotatable bonds is 5. The van der Waals surface area contributed by atoms with Gasteiger partial charge in [-0.25, -0.2) is 0 Å². The van der Waals surface area contributed by atoms with Crippen LogP contribution in [0.15, 0.2) is 59.4 Å². The summed E-state index contributed by atoms with van der Waals surface area (Å²) in [5.74, 6) is 1.01. The lowest BCUT2D eigenvalue weighted by atomic mass is 10.0. The van der Waals surface area contributed by atoms with Crippen LogP contribution in [0.3, 0.4) is 0 Å². The standard InChI is InChI=1S/C22H22N2O3/c1-24-19-6-4-3-5-17(19)18(13-20(24)25)22(26)23-21(14-7-8-14)15-9-11-16(27-2)12-10-15/h3-6,9-14,21H,7-8H2,1-2H3,(H,23,26). The third kappa shape index (κ3) is 3.33. The molecule has 1 amide bonds. The molecule has 1 aliphatic carbocycles. The van der Waals surface area contributed by atoms with E-state index in [-0.39, 0.29) is 17.5 Å². The van der Waals surface area contributed by atoms with Gasteiger partial charge < -0.3 is 14.6 Å². The molecule has 1 aromatic heterocycles. The number of aryl methyl sites for hydroxylation is 1. The fraction of sp³-hybridized carbons (Fsp3) is 0.273. The monoisotopic (exact) mass is 362 g/mol. The number of hydrogen-bond donors (Lipinski definition) is 1. The van der Waals surface area contributed by atoms with Gasteiger partial charge in [-0.3, -0.25) is 9.59 Å². The molecule has 0 bridgehead atoms. The first-order valence-electron chi connectivity index (χ1n) is 9.12. The van der Waals surface area contributed by atoms with Gasteiger partial charge in [-0.05, 0) is 42.5 Å². The van der Waals surface area contributed by atoms with Crippen LogP contribution in [-0.4, -0.2) is 17.6 Å². The summed E-state index contributed by atoms with van der Waals surface area (Å²) in [7, 11) is 3.35. The second-order valence-electron chi connectivity index (χ2n) is 7.03. The number of ether oxygens (including phenoxy) is 1. The van der Waals surface area contributed by atoms with E-state index in [1.165, 1.54) is 6.07 Å². The van der Waals surface area contributed by atoms with Crippen molar-refractivity contribution in [2.45, 2.75) is 18.9 Å². The minimum absolute atomic E-state index is 0.0637. The Kier molecular flexibility index (Phi) is 4.44. The van der Waals surface area contributed by atoms with Gasteiger partial charge in [0.2, 0.25) is 0 Å². The number of methoxy groups -OCH3 is 1. The maximum atomic E-state index is 13.1. The van der Waals surface area contributed by atoms with Gasteiger partial charge >= 0.3 is 0 Å². The van der Waals surface area contributed by atoms with Gasteiger partial charge in [0.05, 0.1) is 24.2 Å². The third-order valence-electron chi connectivity index (χ3n) is 5.25. The molecule has 1 N–H and O–H groups in total. The first kappa shape index (κ1) is 17.3. The van der Waals surface area contributed by atoms with E-state index in [1.807, 2.05) is 48.5 Å². The SMILES string of the molecule is COc1ccc(C(NC(=O)c2cc(=O)n(C)c3ccccc23)C2CC2)cc1. The van der Waals surface area contributed by atoms with E-state index in [2.05, 4.69) is 5.32 Å². The maximum absolute atomic E-state index is 13.1. The first-order valence-corrected chi connectivity index (χ1v) is 9.12. The Morgan fingerprint density at radius 3 is 2.52 bits per heavy atom. The molecule has 0 spiro atoms. The van der Waals surface area contributed by atoms with Gasteiger partial charge in [-0.2, -0.15) is 0 Å². The van der Waals surface area contributed by atoms with Crippen molar-refractivity contribution in [1.29, 1.82) is 0 Å². The topological polar surface area (TPSA) is 60.3 Å². The average Bonchev–Trinajstić information content (AvgIpc) is 3.54. The molecule has 1 saturated carbocycles. The summed E-state index contributed by atoms with van der Waals surface area (Å²) in [5.41, 5.74) is 2.04. The van der Waals surface area contributed by atoms with Crippen LogP contribution in [0.2, 0.25) is 0 Å². The quantitative estimate of drug-likeness (QED) is 0.756. The van der Waals surface area contributed by atoms with Crippen LogP contribution in [-0.2, 0) is 7.05 Å². The van der Waals surface area contributed by atoms with Crippen LogP contribution in [0, 0.1) is 5.92 Å². The molecule has 5 nitrogen and oxygen atoms in total. The predicted octanol–water partition coefficient (Wildman–Crippen LogP) is 3.43. The Morgan fingerprint density at radius 1 is 1.15 bits per heavy atom. The lowest BCUT2D eigenvalue weighted by molar-refractivity contribution is 0.0933. The lowest BCUT2D eigenvalue weighted by Crippen LogP contribution is -2.31. The number of hydrogen-bond acceptors (Lipinski definition) is 3. The van der Waals surface area contributed by atoms with Crippen molar-refractivity contribution in [1.82, 2.24) is 9.88 Å². The van der Waals surface area contributed by atoms with Crippen molar-refractivity contribution in [2.75, 3.05) is 7.11 Å². The van der Waals surface area contributed by atoms with E-state index in [0.29, 0.717) is 11.5 Å². The van der Waals surface area contributed by atoms with E-state index in [9.17, 15) is 9.59 Å². The summed E-state index contributed by atoms with van der Waals surface area (Å²) in [4.78, 5) is 25.4. The van der Waals surface area contributed by atoms with Gasteiger partial charge in [0, 0.05) is 18.5 Å². The van der Waals surface area contributed by atoms with Crippen molar-refractivity contribution in [3.8, 4) is 5.75 Å². The fourth-order valence-electron chi connectivity index (χ4n) is 3.53. The van der Waals surface area contributed by atoms with Crippen molar-refractivity contribution in [2.24, 2.45) is 13.0 Å². The third-order valence-corrected chi connectivity index (χ3v) is 5.25. The van der Waals surface area contributed by atoms with Crippen molar-refractivity contribution in [3.63, 3.8) is 0 Å². The number of amides is 1. The summed E-state index contributed by atoms with van der Waals surface area (Å²) in [6.07, 6.45) is 2.18. The predicted molar refractivity (Wildman–Crippen MR) is 105 cm³/mol. The zero-order valence-corrected chi connectivity index (χ0v) is 15.4. The molecular weight excluding hydrogens is 340 g/mol. The second kappa shape index (κ2) is 6.91. The number of pyridine rings is 1. The number of carbonyl (C=O) groups excluding carboxylic acids is 1. The summed E-state index contributed by atoms with van der Waals surface area (Å²) < 4.78 is 6.79. The number of carbonyl (C=O) groups is 1. The molecule has 1 unspecified atom stereocenters. The van der Waals surface area contributed by atoms with E-state index in [4.69, 9.17) is 4.74 Å². The number of aromatic nitrogens is 1. The Labute approximate surface area is 157 Å². The van der Waals surface area contributed by atoms with Gasteiger partial charge in [0.15, 0.2) is 0 Å². The largest absolute Gasteiger partial charge is 0.497 e. The molecule has 0 radical (unpaired) electrons. The smallest absolute Gasteiger partial charge is 0.252 e. The molecule has 138 valence electrons. The zero-order valence-electron chi connectivity index (χ0n) is 15.4. The molecule has 0 saturated heterocycles. The molecule has 5 heteroatoms. The highest BCUT2D eigenvalue weighted by Gasteiger charge is 2.34. The van der Waals surface area contributed by atoms with Crippen molar-refractivity contribution in [3.05, 3.63) is 76.1 Å². The van der Waals surface area contributed by atoms with Crippen LogP contribution >= 0.6 is 0 Å². The van der Waals surface area contributed by atoms with Crippen LogP contribution in [0.1, 0.15) is 34.8 Å². The summed E-state index contributed by atoms with van der Waals surface area (Å²) in [5, 5.41) is 3.94. The van der Waals surface area contributed by atoms with Gasteiger partial charge in [0.25, 0.3) is 11.5 Å². The normalized spacial score (nSPS) is 14.7. The number of para-hydroxylation sites is 1. The highest BCUT2D eigenvalue weighted by atomic mass is 16.5. The Bertz CT molecular complexity index is 1050. The van der Waals surface area contributed by atoms with E-state index < -0.39 is 0 Å². The highest BCUT2D eigenvalue weighted by molar-refractivity contribution is 6.06. The van der Waals surface area contributed by atoms with E-state index in [1.54, 1.807) is 18.7 Å². The number of nitrogens with one attached hydrogen (secondary N) is 1. The molecule has 1 fully saturated rings.